The second-order valence-corrected chi connectivity index (χ2v) is 6.05. The summed E-state index contributed by atoms with van der Waals surface area (Å²) in [6.45, 7) is 8.05. The van der Waals surface area contributed by atoms with Crippen LogP contribution >= 0.6 is 11.3 Å². The quantitative estimate of drug-likeness (QED) is 0.824. The van der Waals surface area contributed by atoms with Crippen molar-refractivity contribution in [1.82, 2.24) is 9.97 Å². The molecule has 0 bridgehead atoms. The van der Waals surface area contributed by atoms with Crippen LogP contribution < -0.4 is 5.32 Å². The average Bonchev–Trinajstić information content (AvgIpc) is 2.85. The number of aryl methyl sites for hydroxylation is 1. The maximum Gasteiger partial charge on any atom is 0.348 e. The standard InChI is InChI=1S/C15H21N3O3S/c1-6-21-15(19)12-8(2)11-13(16-7-17-14(11)22-12)18-9(3)10(4)20-5/h7,9-10H,6H2,1-5H3,(H,16,17,18)/t9-,10?/m0/s1. The lowest BCUT2D eigenvalue weighted by Gasteiger charge is -2.20. The van der Waals surface area contributed by atoms with Crippen molar-refractivity contribution in [1.29, 1.82) is 0 Å². The SMILES string of the molecule is CCOC(=O)c1sc2ncnc(N[C@@H](C)C(C)OC)c2c1C. The van der Waals surface area contributed by atoms with E-state index in [9.17, 15) is 4.79 Å². The number of rotatable bonds is 6. The highest BCUT2D eigenvalue weighted by Gasteiger charge is 2.21. The van der Waals surface area contributed by atoms with Gasteiger partial charge in [-0.2, -0.15) is 0 Å². The number of carbonyl (C=O) groups excluding carboxylic acids is 1. The lowest BCUT2D eigenvalue weighted by atomic mass is 10.1. The van der Waals surface area contributed by atoms with Crippen LogP contribution in [-0.4, -0.2) is 41.8 Å². The van der Waals surface area contributed by atoms with Crippen LogP contribution in [0.3, 0.4) is 0 Å². The molecule has 0 radical (unpaired) electrons. The van der Waals surface area contributed by atoms with Crippen molar-refractivity contribution in [3.63, 3.8) is 0 Å². The van der Waals surface area contributed by atoms with Crippen molar-refractivity contribution >= 4 is 33.3 Å². The number of anilines is 1. The Labute approximate surface area is 133 Å². The molecule has 0 amide bonds. The molecule has 2 aromatic heterocycles. The van der Waals surface area contributed by atoms with Crippen LogP contribution in [0, 0.1) is 6.92 Å². The monoisotopic (exact) mass is 323 g/mol. The van der Waals surface area contributed by atoms with Crippen LogP contribution in [0.5, 0.6) is 0 Å². The number of aromatic nitrogens is 2. The van der Waals surface area contributed by atoms with Crippen LogP contribution in [0.25, 0.3) is 10.2 Å². The fourth-order valence-corrected chi connectivity index (χ4v) is 3.15. The van der Waals surface area contributed by atoms with E-state index in [1.165, 1.54) is 17.7 Å². The molecule has 1 unspecified atom stereocenters. The van der Waals surface area contributed by atoms with Gasteiger partial charge in [0.25, 0.3) is 0 Å². The lowest BCUT2D eigenvalue weighted by molar-refractivity contribution is 0.0531. The molecule has 2 atom stereocenters. The van der Waals surface area contributed by atoms with Crippen LogP contribution in [0.15, 0.2) is 6.33 Å². The third-order valence-electron chi connectivity index (χ3n) is 3.63. The van der Waals surface area contributed by atoms with E-state index < -0.39 is 0 Å². The molecule has 7 heteroatoms. The normalized spacial score (nSPS) is 13.9. The molecule has 0 fully saturated rings. The van der Waals surface area contributed by atoms with E-state index in [1.807, 2.05) is 20.8 Å². The van der Waals surface area contributed by atoms with Gasteiger partial charge >= 0.3 is 5.97 Å². The van der Waals surface area contributed by atoms with Crippen molar-refractivity contribution < 1.29 is 14.3 Å². The molecule has 1 N–H and O–H groups in total. The summed E-state index contributed by atoms with van der Waals surface area (Å²) in [6.07, 6.45) is 1.54. The summed E-state index contributed by atoms with van der Waals surface area (Å²) < 4.78 is 10.4. The van der Waals surface area contributed by atoms with Crippen LogP contribution in [-0.2, 0) is 9.47 Å². The number of nitrogens with zero attached hydrogens (tertiary/aromatic N) is 2. The number of carbonyl (C=O) groups is 1. The van der Waals surface area contributed by atoms with Crippen molar-refractivity contribution in [2.24, 2.45) is 0 Å². The predicted molar refractivity (Wildman–Crippen MR) is 87.7 cm³/mol. The van der Waals surface area contributed by atoms with Crippen molar-refractivity contribution in [2.75, 3.05) is 19.0 Å². The molecule has 120 valence electrons. The Morgan fingerprint density at radius 2 is 2.14 bits per heavy atom. The molecule has 0 spiro atoms. The molecule has 0 aliphatic carbocycles. The summed E-state index contributed by atoms with van der Waals surface area (Å²) in [5.74, 6) is 0.401. The van der Waals surface area contributed by atoms with E-state index in [4.69, 9.17) is 9.47 Å². The molecular weight excluding hydrogens is 302 g/mol. The maximum absolute atomic E-state index is 12.0. The highest BCUT2D eigenvalue weighted by atomic mass is 32.1. The minimum absolute atomic E-state index is 0.0356. The molecule has 0 aliphatic rings. The molecule has 0 saturated heterocycles. The van der Waals surface area contributed by atoms with Gasteiger partial charge in [-0.3, -0.25) is 0 Å². The van der Waals surface area contributed by atoms with Crippen molar-refractivity contribution in [3.05, 3.63) is 16.8 Å². The third-order valence-corrected chi connectivity index (χ3v) is 4.81. The van der Waals surface area contributed by atoms with Gasteiger partial charge in [-0.25, -0.2) is 14.8 Å². The molecule has 0 aromatic carbocycles. The highest BCUT2D eigenvalue weighted by Crippen LogP contribution is 2.34. The minimum atomic E-state index is -0.313. The minimum Gasteiger partial charge on any atom is -0.462 e. The van der Waals surface area contributed by atoms with Gasteiger partial charge in [-0.05, 0) is 33.3 Å². The number of thiophene rings is 1. The van der Waals surface area contributed by atoms with Crippen LogP contribution in [0.4, 0.5) is 5.82 Å². The molecule has 2 heterocycles. The molecule has 0 saturated carbocycles. The molecule has 6 nitrogen and oxygen atoms in total. The summed E-state index contributed by atoms with van der Waals surface area (Å²) in [6, 6.07) is 0.0773. The molecular formula is C15H21N3O3S. The van der Waals surface area contributed by atoms with Crippen molar-refractivity contribution in [2.45, 2.75) is 39.8 Å². The van der Waals surface area contributed by atoms with Gasteiger partial charge in [-0.15, -0.1) is 11.3 Å². The van der Waals surface area contributed by atoms with E-state index in [0.29, 0.717) is 17.3 Å². The van der Waals surface area contributed by atoms with Gasteiger partial charge in [0.1, 0.15) is 21.9 Å². The van der Waals surface area contributed by atoms with Gasteiger partial charge in [0.2, 0.25) is 0 Å². The summed E-state index contributed by atoms with van der Waals surface area (Å²) in [5, 5.41) is 4.21. The Bertz CT molecular complexity index is 671. The lowest BCUT2D eigenvalue weighted by Crippen LogP contribution is -2.30. The number of ether oxygens (including phenoxy) is 2. The van der Waals surface area contributed by atoms with Crippen molar-refractivity contribution in [3.8, 4) is 0 Å². The highest BCUT2D eigenvalue weighted by molar-refractivity contribution is 7.20. The third kappa shape index (κ3) is 3.20. The summed E-state index contributed by atoms with van der Waals surface area (Å²) in [5.41, 5.74) is 0.846. The fraction of sp³-hybridized carbons (Fsp3) is 0.533. The average molecular weight is 323 g/mol. The second-order valence-electron chi connectivity index (χ2n) is 5.05. The Hall–Kier alpha value is -1.73. The maximum atomic E-state index is 12.0. The van der Waals surface area contributed by atoms with E-state index in [1.54, 1.807) is 14.0 Å². The smallest absolute Gasteiger partial charge is 0.348 e. The molecule has 0 aliphatic heterocycles. The Balaban J connectivity index is 2.42. The summed E-state index contributed by atoms with van der Waals surface area (Å²) >= 11 is 1.33. The Kier molecular flexibility index (Phi) is 5.31. The molecule has 2 rings (SSSR count). The zero-order valence-electron chi connectivity index (χ0n) is 13.5. The fourth-order valence-electron chi connectivity index (χ4n) is 2.11. The first-order valence-electron chi connectivity index (χ1n) is 7.20. The number of methoxy groups -OCH3 is 1. The molecule has 22 heavy (non-hydrogen) atoms. The first kappa shape index (κ1) is 16.6. The first-order valence-corrected chi connectivity index (χ1v) is 8.01. The zero-order chi connectivity index (χ0) is 16.3. The van der Waals surface area contributed by atoms with Crippen LogP contribution in [0.1, 0.15) is 36.0 Å². The van der Waals surface area contributed by atoms with Gasteiger partial charge in [-0.1, -0.05) is 0 Å². The number of esters is 1. The van der Waals surface area contributed by atoms with Gasteiger partial charge in [0.15, 0.2) is 0 Å². The zero-order valence-corrected chi connectivity index (χ0v) is 14.3. The predicted octanol–water partition coefficient (Wildman–Crippen LogP) is 3.01. The summed E-state index contributed by atoms with van der Waals surface area (Å²) in [4.78, 5) is 22.0. The van der Waals surface area contributed by atoms with E-state index in [-0.39, 0.29) is 18.1 Å². The summed E-state index contributed by atoms with van der Waals surface area (Å²) in [7, 11) is 1.67. The Morgan fingerprint density at radius 1 is 1.41 bits per heavy atom. The molecule has 2 aromatic rings. The first-order chi connectivity index (χ1) is 10.5. The van der Waals surface area contributed by atoms with Gasteiger partial charge in [0, 0.05) is 7.11 Å². The number of fused-ring (bicyclic) bond motifs is 1. The van der Waals surface area contributed by atoms with E-state index >= 15 is 0 Å². The number of hydrogen-bond donors (Lipinski definition) is 1. The Morgan fingerprint density at radius 3 is 2.77 bits per heavy atom. The largest absolute Gasteiger partial charge is 0.462 e. The number of nitrogens with one attached hydrogen (secondary N) is 1. The second kappa shape index (κ2) is 7.02. The van der Waals surface area contributed by atoms with Gasteiger partial charge < -0.3 is 14.8 Å². The number of hydrogen-bond acceptors (Lipinski definition) is 7. The van der Waals surface area contributed by atoms with E-state index in [2.05, 4.69) is 15.3 Å². The van der Waals surface area contributed by atoms with Gasteiger partial charge in [0.05, 0.1) is 24.1 Å². The van der Waals surface area contributed by atoms with E-state index in [0.717, 1.165) is 15.8 Å². The topological polar surface area (TPSA) is 73.3 Å². The van der Waals surface area contributed by atoms with Crippen LogP contribution in [0.2, 0.25) is 0 Å².